The van der Waals surface area contributed by atoms with Crippen LogP contribution in [0.3, 0.4) is 0 Å². The van der Waals surface area contributed by atoms with E-state index >= 15 is 0 Å². The van der Waals surface area contributed by atoms with Gasteiger partial charge in [-0.3, -0.25) is 4.79 Å². The smallest absolute Gasteiger partial charge is 0.243 e. The normalized spacial score (nSPS) is 21.8. The van der Waals surface area contributed by atoms with Crippen molar-refractivity contribution in [1.82, 2.24) is 0 Å². The quantitative estimate of drug-likeness (QED) is 0.796. The van der Waals surface area contributed by atoms with Crippen LogP contribution in [0, 0.1) is 5.82 Å². The standard InChI is InChI=1S/C10H11FN2O3S/c11-6-2-1-3-7-9(6)13-10(14)8(4-5-12)17(7,15)16/h1-3,8H,4-5,12H2,(H,13,14). The monoisotopic (exact) mass is 258 g/mol. The number of nitrogens with one attached hydrogen (secondary N) is 1. The van der Waals surface area contributed by atoms with Gasteiger partial charge in [0.1, 0.15) is 11.1 Å². The molecule has 1 heterocycles. The van der Waals surface area contributed by atoms with Gasteiger partial charge in [-0.05, 0) is 25.1 Å². The third kappa shape index (κ3) is 1.81. The van der Waals surface area contributed by atoms with E-state index in [1.165, 1.54) is 12.1 Å². The van der Waals surface area contributed by atoms with Crippen LogP contribution in [0.1, 0.15) is 6.42 Å². The molecule has 1 aliphatic rings. The molecule has 0 radical (unpaired) electrons. The lowest BCUT2D eigenvalue weighted by molar-refractivity contribution is -0.116. The average Bonchev–Trinajstić information content (AvgIpc) is 2.26. The Morgan fingerprint density at radius 1 is 1.41 bits per heavy atom. The van der Waals surface area contributed by atoms with E-state index in [2.05, 4.69) is 5.32 Å². The maximum Gasteiger partial charge on any atom is 0.243 e. The predicted molar refractivity (Wildman–Crippen MR) is 59.7 cm³/mol. The van der Waals surface area contributed by atoms with Crippen molar-refractivity contribution in [2.24, 2.45) is 5.73 Å². The van der Waals surface area contributed by atoms with Crippen LogP contribution in [0.2, 0.25) is 0 Å². The summed E-state index contributed by atoms with van der Waals surface area (Å²) in [5.41, 5.74) is 5.00. The number of benzene rings is 1. The van der Waals surface area contributed by atoms with Gasteiger partial charge in [-0.1, -0.05) is 6.07 Å². The lowest BCUT2D eigenvalue weighted by Gasteiger charge is -2.24. The number of halogens is 1. The Morgan fingerprint density at radius 2 is 2.12 bits per heavy atom. The van der Waals surface area contributed by atoms with E-state index in [-0.39, 0.29) is 23.5 Å². The third-order valence-corrected chi connectivity index (χ3v) is 4.78. The van der Waals surface area contributed by atoms with E-state index in [0.717, 1.165) is 6.07 Å². The highest BCUT2D eigenvalue weighted by atomic mass is 32.2. The summed E-state index contributed by atoms with van der Waals surface area (Å²) in [6.07, 6.45) is 0.0180. The Morgan fingerprint density at radius 3 is 2.76 bits per heavy atom. The summed E-state index contributed by atoms with van der Waals surface area (Å²) in [6.45, 7) is 0.0714. The van der Waals surface area contributed by atoms with E-state index in [9.17, 15) is 17.6 Å². The molecule has 0 saturated carbocycles. The average molecular weight is 258 g/mol. The van der Waals surface area contributed by atoms with Crippen molar-refractivity contribution in [3.05, 3.63) is 24.0 Å². The minimum absolute atomic E-state index is 0.0180. The molecule has 1 aromatic rings. The van der Waals surface area contributed by atoms with Crippen molar-refractivity contribution >= 4 is 21.4 Å². The Bertz CT molecular complexity index is 571. The van der Waals surface area contributed by atoms with Crippen LogP contribution in [0.4, 0.5) is 10.1 Å². The minimum Gasteiger partial charge on any atom is -0.330 e. The van der Waals surface area contributed by atoms with Crippen molar-refractivity contribution in [3.8, 4) is 0 Å². The lowest BCUT2D eigenvalue weighted by Crippen LogP contribution is -2.41. The highest BCUT2D eigenvalue weighted by molar-refractivity contribution is 7.93. The molecule has 0 aliphatic carbocycles. The summed E-state index contributed by atoms with van der Waals surface area (Å²) in [4.78, 5) is 11.4. The zero-order chi connectivity index (χ0) is 12.6. The van der Waals surface area contributed by atoms with Crippen LogP contribution in [0.15, 0.2) is 23.1 Å². The highest BCUT2D eigenvalue weighted by Gasteiger charge is 2.40. The van der Waals surface area contributed by atoms with E-state index in [4.69, 9.17) is 5.73 Å². The fourth-order valence-electron chi connectivity index (χ4n) is 1.80. The SMILES string of the molecule is NCCC1C(=O)Nc2c(F)cccc2S1(=O)=O. The molecule has 2 rings (SSSR count). The van der Waals surface area contributed by atoms with Gasteiger partial charge in [0.15, 0.2) is 9.84 Å². The van der Waals surface area contributed by atoms with Crippen LogP contribution in [0.5, 0.6) is 0 Å². The number of rotatable bonds is 2. The predicted octanol–water partition coefficient (Wildman–Crippen LogP) is 0.269. The molecule has 7 heteroatoms. The molecule has 0 fully saturated rings. The molecular formula is C10H11FN2O3S. The second-order valence-electron chi connectivity index (χ2n) is 3.71. The molecule has 1 aromatic carbocycles. The van der Waals surface area contributed by atoms with E-state index in [1.807, 2.05) is 0 Å². The second kappa shape index (κ2) is 4.08. The molecule has 0 bridgehead atoms. The number of fused-ring (bicyclic) bond motifs is 1. The number of anilines is 1. The third-order valence-electron chi connectivity index (χ3n) is 2.63. The Labute approximate surface area is 97.7 Å². The molecule has 92 valence electrons. The lowest BCUT2D eigenvalue weighted by atomic mass is 10.2. The van der Waals surface area contributed by atoms with Crippen LogP contribution in [-0.2, 0) is 14.6 Å². The summed E-state index contributed by atoms with van der Waals surface area (Å²) in [5.74, 6) is -1.49. The molecule has 5 nitrogen and oxygen atoms in total. The van der Waals surface area contributed by atoms with Gasteiger partial charge in [-0.15, -0.1) is 0 Å². The number of carbonyl (C=O) groups excluding carboxylic acids is 1. The summed E-state index contributed by atoms with van der Waals surface area (Å²) in [6, 6.07) is 3.66. The Kier molecular flexibility index (Phi) is 2.88. The first kappa shape index (κ1) is 12.0. The summed E-state index contributed by atoms with van der Waals surface area (Å²) >= 11 is 0. The molecule has 0 spiro atoms. The molecule has 1 atom stereocenters. The number of carbonyl (C=O) groups is 1. The number of amides is 1. The first-order valence-corrected chi connectivity index (χ1v) is 6.56. The van der Waals surface area contributed by atoms with Crippen molar-refractivity contribution in [3.63, 3.8) is 0 Å². The molecule has 17 heavy (non-hydrogen) atoms. The zero-order valence-electron chi connectivity index (χ0n) is 8.81. The van der Waals surface area contributed by atoms with E-state index < -0.39 is 26.8 Å². The minimum atomic E-state index is -3.85. The summed E-state index contributed by atoms with van der Waals surface area (Å²) < 4.78 is 37.5. The molecule has 0 saturated heterocycles. The largest absolute Gasteiger partial charge is 0.330 e. The first-order valence-electron chi connectivity index (χ1n) is 5.02. The van der Waals surface area contributed by atoms with Gasteiger partial charge in [-0.25, -0.2) is 12.8 Å². The molecule has 0 aromatic heterocycles. The van der Waals surface area contributed by atoms with Gasteiger partial charge in [-0.2, -0.15) is 0 Å². The van der Waals surface area contributed by atoms with Crippen LogP contribution in [-0.4, -0.2) is 26.1 Å². The van der Waals surface area contributed by atoms with E-state index in [1.54, 1.807) is 0 Å². The first-order chi connectivity index (χ1) is 7.98. The maximum absolute atomic E-state index is 13.4. The van der Waals surface area contributed by atoms with Crippen molar-refractivity contribution < 1.29 is 17.6 Å². The Balaban J connectivity index is 2.62. The molecule has 1 unspecified atom stereocenters. The van der Waals surface area contributed by atoms with Crippen LogP contribution in [0.25, 0.3) is 0 Å². The Hall–Kier alpha value is -1.47. The zero-order valence-corrected chi connectivity index (χ0v) is 9.63. The fraction of sp³-hybridized carbons (Fsp3) is 0.300. The maximum atomic E-state index is 13.4. The van der Waals surface area contributed by atoms with E-state index in [0.29, 0.717) is 0 Å². The van der Waals surface area contributed by atoms with Gasteiger partial charge < -0.3 is 11.1 Å². The van der Waals surface area contributed by atoms with Gasteiger partial charge in [0.2, 0.25) is 5.91 Å². The summed E-state index contributed by atoms with van der Waals surface area (Å²) in [5, 5.41) is 1.04. The van der Waals surface area contributed by atoms with Gasteiger partial charge in [0, 0.05) is 0 Å². The highest BCUT2D eigenvalue weighted by Crippen LogP contribution is 2.33. The molecule has 3 N–H and O–H groups in total. The van der Waals surface area contributed by atoms with Gasteiger partial charge >= 0.3 is 0 Å². The molecule has 1 aliphatic heterocycles. The van der Waals surface area contributed by atoms with Crippen LogP contribution >= 0.6 is 0 Å². The van der Waals surface area contributed by atoms with Gasteiger partial charge in [0.05, 0.1) is 10.6 Å². The number of nitrogens with two attached hydrogens (primary N) is 1. The van der Waals surface area contributed by atoms with Gasteiger partial charge in [0.25, 0.3) is 0 Å². The summed E-state index contributed by atoms with van der Waals surface area (Å²) in [7, 11) is -3.85. The number of para-hydroxylation sites is 1. The number of sulfone groups is 1. The van der Waals surface area contributed by atoms with Crippen molar-refractivity contribution in [2.45, 2.75) is 16.6 Å². The second-order valence-corrected chi connectivity index (χ2v) is 5.81. The number of hydrogen-bond donors (Lipinski definition) is 2. The topological polar surface area (TPSA) is 89.3 Å². The molecule has 1 amide bonds. The number of hydrogen-bond acceptors (Lipinski definition) is 4. The fourth-order valence-corrected chi connectivity index (χ4v) is 3.59. The van der Waals surface area contributed by atoms with Crippen LogP contribution < -0.4 is 11.1 Å². The van der Waals surface area contributed by atoms with Crippen molar-refractivity contribution in [2.75, 3.05) is 11.9 Å². The molecular weight excluding hydrogens is 247 g/mol. The van der Waals surface area contributed by atoms with Crippen molar-refractivity contribution in [1.29, 1.82) is 0 Å².